The molecule has 26 heavy (non-hydrogen) atoms. The molecule has 1 amide bonds. The molecule has 0 radical (unpaired) electrons. The maximum Gasteiger partial charge on any atom is 0.263 e. The SMILES string of the molecule is CC[C@@H](C)NC(=O)c1ccc(Cl)c(S(=O)(=O)Nc2cccc(C)c2C)c1. The molecule has 140 valence electrons. The van der Waals surface area contributed by atoms with Crippen LogP contribution in [0.4, 0.5) is 5.69 Å². The summed E-state index contributed by atoms with van der Waals surface area (Å²) < 4.78 is 28.2. The van der Waals surface area contributed by atoms with Gasteiger partial charge in [-0.05, 0) is 62.6 Å². The van der Waals surface area contributed by atoms with Crippen LogP contribution in [0.2, 0.25) is 5.02 Å². The van der Waals surface area contributed by atoms with E-state index in [0.717, 1.165) is 17.5 Å². The molecule has 0 aliphatic rings. The molecular weight excluding hydrogens is 372 g/mol. The summed E-state index contributed by atoms with van der Waals surface area (Å²) >= 11 is 6.10. The quantitative estimate of drug-likeness (QED) is 0.767. The number of carbonyl (C=O) groups excluding carboxylic acids is 1. The predicted octanol–water partition coefficient (Wildman–Crippen LogP) is 4.29. The molecule has 2 N–H and O–H groups in total. The van der Waals surface area contributed by atoms with Crippen LogP contribution in [0.15, 0.2) is 41.3 Å². The predicted molar refractivity (Wildman–Crippen MR) is 105 cm³/mol. The van der Waals surface area contributed by atoms with E-state index in [1.54, 1.807) is 12.1 Å². The van der Waals surface area contributed by atoms with Gasteiger partial charge >= 0.3 is 0 Å². The highest BCUT2D eigenvalue weighted by atomic mass is 35.5. The Morgan fingerprint density at radius 1 is 1.19 bits per heavy atom. The summed E-state index contributed by atoms with van der Waals surface area (Å²) in [7, 11) is -3.94. The van der Waals surface area contributed by atoms with Crippen molar-refractivity contribution < 1.29 is 13.2 Å². The highest BCUT2D eigenvalue weighted by molar-refractivity contribution is 7.92. The van der Waals surface area contributed by atoms with Gasteiger partial charge in [-0.1, -0.05) is 30.7 Å². The van der Waals surface area contributed by atoms with Gasteiger partial charge in [-0.25, -0.2) is 8.42 Å². The smallest absolute Gasteiger partial charge is 0.263 e. The fourth-order valence-electron chi connectivity index (χ4n) is 2.32. The number of benzene rings is 2. The fourth-order valence-corrected chi connectivity index (χ4v) is 3.97. The third-order valence-corrected chi connectivity index (χ3v) is 6.17. The number of amides is 1. The molecular formula is C19H23ClN2O3S. The van der Waals surface area contributed by atoms with Crippen molar-refractivity contribution in [1.82, 2.24) is 5.32 Å². The molecule has 0 saturated carbocycles. The van der Waals surface area contributed by atoms with Gasteiger partial charge in [-0.2, -0.15) is 0 Å². The topological polar surface area (TPSA) is 75.3 Å². The molecule has 0 unspecified atom stereocenters. The van der Waals surface area contributed by atoms with E-state index in [1.807, 2.05) is 33.8 Å². The Labute approximate surface area is 159 Å². The highest BCUT2D eigenvalue weighted by Crippen LogP contribution is 2.27. The highest BCUT2D eigenvalue weighted by Gasteiger charge is 2.21. The summed E-state index contributed by atoms with van der Waals surface area (Å²) in [4.78, 5) is 12.2. The Morgan fingerprint density at radius 2 is 1.88 bits per heavy atom. The van der Waals surface area contributed by atoms with Crippen LogP contribution in [-0.4, -0.2) is 20.4 Å². The van der Waals surface area contributed by atoms with Crippen molar-refractivity contribution in [3.8, 4) is 0 Å². The van der Waals surface area contributed by atoms with E-state index in [1.165, 1.54) is 18.2 Å². The van der Waals surface area contributed by atoms with Crippen molar-refractivity contribution >= 4 is 33.2 Å². The van der Waals surface area contributed by atoms with E-state index in [-0.39, 0.29) is 27.4 Å². The van der Waals surface area contributed by atoms with Crippen molar-refractivity contribution in [3.05, 3.63) is 58.1 Å². The number of aryl methyl sites for hydroxylation is 1. The molecule has 0 spiro atoms. The third-order valence-electron chi connectivity index (χ3n) is 4.32. The average Bonchev–Trinajstić information content (AvgIpc) is 2.58. The maximum atomic E-state index is 12.8. The second-order valence-electron chi connectivity index (χ2n) is 6.28. The van der Waals surface area contributed by atoms with Gasteiger partial charge in [0.15, 0.2) is 0 Å². The Bertz CT molecular complexity index is 926. The molecule has 1 atom stereocenters. The number of hydrogen-bond donors (Lipinski definition) is 2. The average molecular weight is 395 g/mol. The van der Waals surface area contributed by atoms with Crippen molar-refractivity contribution in [2.45, 2.75) is 45.1 Å². The van der Waals surface area contributed by atoms with Crippen LogP contribution in [-0.2, 0) is 10.0 Å². The second-order valence-corrected chi connectivity index (χ2v) is 8.34. The summed E-state index contributed by atoms with van der Waals surface area (Å²) in [6.07, 6.45) is 0.776. The Kier molecular flexibility index (Phi) is 6.31. The van der Waals surface area contributed by atoms with Gasteiger partial charge in [0.25, 0.3) is 15.9 Å². The van der Waals surface area contributed by atoms with Gasteiger partial charge in [-0.15, -0.1) is 0 Å². The van der Waals surface area contributed by atoms with Gasteiger partial charge < -0.3 is 5.32 Å². The first-order valence-corrected chi connectivity index (χ1v) is 10.2. The minimum atomic E-state index is -3.94. The van der Waals surface area contributed by atoms with E-state index < -0.39 is 10.0 Å². The molecule has 0 aromatic heterocycles. The summed E-state index contributed by atoms with van der Waals surface area (Å²) in [5.41, 5.74) is 2.53. The molecule has 0 bridgehead atoms. The standard InChI is InChI=1S/C19H23ClN2O3S/c1-5-13(3)21-19(23)15-9-10-16(20)18(11-15)26(24,25)22-17-8-6-7-12(2)14(17)4/h6-11,13,22H,5H2,1-4H3,(H,21,23)/t13-/m1/s1. The first-order valence-electron chi connectivity index (χ1n) is 8.35. The number of anilines is 1. The first-order chi connectivity index (χ1) is 12.2. The van der Waals surface area contributed by atoms with E-state index in [9.17, 15) is 13.2 Å². The Balaban J connectivity index is 2.38. The number of carbonyl (C=O) groups is 1. The largest absolute Gasteiger partial charge is 0.350 e. The molecule has 7 heteroatoms. The number of sulfonamides is 1. The molecule has 0 aliphatic carbocycles. The first kappa shape index (κ1) is 20.3. The van der Waals surface area contributed by atoms with E-state index in [4.69, 9.17) is 11.6 Å². The van der Waals surface area contributed by atoms with Gasteiger partial charge in [0.1, 0.15) is 4.90 Å². The van der Waals surface area contributed by atoms with Gasteiger partial charge in [0, 0.05) is 11.6 Å². The van der Waals surface area contributed by atoms with Crippen molar-refractivity contribution in [2.24, 2.45) is 0 Å². The van der Waals surface area contributed by atoms with Crippen LogP contribution in [0, 0.1) is 13.8 Å². The van der Waals surface area contributed by atoms with E-state index >= 15 is 0 Å². The number of hydrogen-bond acceptors (Lipinski definition) is 3. The van der Waals surface area contributed by atoms with Crippen LogP contribution in [0.3, 0.4) is 0 Å². The zero-order valence-corrected chi connectivity index (χ0v) is 16.8. The monoisotopic (exact) mass is 394 g/mol. The van der Waals surface area contributed by atoms with Gasteiger partial charge in [0.2, 0.25) is 0 Å². The lowest BCUT2D eigenvalue weighted by molar-refractivity contribution is 0.0939. The summed E-state index contributed by atoms with van der Waals surface area (Å²) in [6.45, 7) is 7.58. The molecule has 0 aliphatic heterocycles. The van der Waals surface area contributed by atoms with E-state index in [2.05, 4.69) is 10.0 Å². The molecule has 2 aromatic carbocycles. The minimum Gasteiger partial charge on any atom is -0.350 e. The summed E-state index contributed by atoms with van der Waals surface area (Å²) in [5, 5.41) is 2.87. The third kappa shape index (κ3) is 4.56. The summed E-state index contributed by atoms with van der Waals surface area (Å²) in [6, 6.07) is 9.59. The van der Waals surface area contributed by atoms with Gasteiger partial charge in [-0.3, -0.25) is 9.52 Å². The Morgan fingerprint density at radius 3 is 2.54 bits per heavy atom. The van der Waals surface area contributed by atoms with Gasteiger partial charge in [0.05, 0.1) is 10.7 Å². The van der Waals surface area contributed by atoms with Crippen molar-refractivity contribution in [1.29, 1.82) is 0 Å². The van der Waals surface area contributed by atoms with Crippen LogP contribution in [0.1, 0.15) is 41.8 Å². The second kappa shape index (κ2) is 8.10. The Hall–Kier alpha value is -2.05. The van der Waals surface area contributed by atoms with Crippen LogP contribution < -0.4 is 10.0 Å². The summed E-state index contributed by atoms with van der Waals surface area (Å²) in [5.74, 6) is -0.334. The molecule has 0 saturated heterocycles. The molecule has 2 aromatic rings. The molecule has 0 fully saturated rings. The lowest BCUT2D eigenvalue weighted by Crippen LogP contribution is -2.32. The molecule has 2 rings (SSSR count). The zero-order chi connectivity index (χ0) is 19.5. The number of halogens is 1. The lowest BCUT2D eigenvalue weighted by atomic mass is 10.1. The van der Waals surface area contributed by atoms with Crippen molar-refractivity contribution in [3.63, 3.8) is 0 Å². The molecule has 0 heterocycles. The lowest BCUT2D eigenvalue weighted by Gasteiger charge is -2.15. The minimum absolute atomic E-state index is 0.00805. The van der Waals surface area contributed by atoms with E-state index in [0.29, 0.717) is 5.69 Å². The maximum absolute atomic E-state index is 12.8. The van der Waals surface area contributed by atoms with Crippen LogP contribution >= 0.6 is 11.6 Å². The normalized spacial score (nSPS) is 12.5. The van der Waals surface area contributed by atoms with Crippen LogP contribution in [0.5, 0.6) is 0 Å². The fraction of sp³-hybridized carbons (Fsp3) is 0.316. The molecule has 5 nitrogen and oxygen atoms in total. The van der Waals surface area contributed by atoms with Crippen molar-refractivity contribution in [2.75, 3.05) is 4.72 Å². The zero-order valence-electron chi connectivity index (χ0n) is 15.3. The number of nitrogens with one attached hydrogen (secondary N) is 2. The van der Waals surface area contributed by atoms with Crippen LogP contribution in [0.25, 0.3) is 0 Å². The number of rotatable bonds is 6.